The van der Waals surface area contributed by atoms with Gasteiger partial charge in [-0.05, 0) is 66.6 Å². The number of aromatic nitrogens is 1. The van der Waals surface area contributed by atoms with Crippen molar-refractivity contribution < 1.29 is 14.3 Å². The van der Waals surface area contributed by atoms with Gasteiger partial charge in [-0.3, -0.25) is 14.5 Å². The number of carbonyl (C=O) groups is 2. The minimum atomic E-state index is -0.0734. The topological polar surface area (TPSA) is 59.5 Å². The quantitative estimate of drug-likeness (QED) is 0.413. The zero-order chi connectivity index (χ0) is 23.5. The van der Waals surface area contributed by atoms with E-state index in [1.165, 1.54) is 11.3 Å². The summed E-state index contributed by atoms with van der Waals surface area (Å²) in [5.74, 6) is 0.721. The summed E-state index contributed by atoms with van der Waals surface area (Å²) in [7, 11) is 1.63. The van der Waals surface area contributed by atoms with E-state index in [-0.39, 0.29) is 11.7 Å². The lowest BCUT2D eigenvalue weighted by atomic mass is 9.86. The van der Waals surface area contributed by atoms with Crippen LogP contribution >= 0.6 is 11.3 Å². The van der Waals surface area contributed by atoms with Crippen LogP contribution in [0.1, 0.15) is 59.9 Å². The standard InChI is InChI=1S/C27H28N2O3S/c1-5-18-8-7-9-19(6-2)25(18)29(17(3)30)27-28-22(16-33-27)14-21-11-10-20-15-23(32-4)12-13-24(20)26(21)31/h7-9,12-16H,5-6,10-11H2,1-4H3. The van der Waals surface area contributed by atoms with E-state index in [0.29, 0.717) is 17.2 Å². The lowest BCUT2D eigenvalue weighted by molar-refractivity contribution is -0.115. The Labute approximate surface area is 198 Å². The van der Waals surface area contributed by atoms with Gasteiger partial charge in [0.05, 0.1) is 18.5 Å². The third-order valence-corrected chi connectivity index (χ3v) is 6.88. The van der Waals surface area contributed by atoms with Crippen LogP contribution in [-0.4, -0.2) is 23.8 Å². The fraction of sp³-hybridized carbons (Fsp3) is 0.296. The maximum absolute atomic E-state index is 13.1. The van der Waals surface area contributed by atoms with Gasteiger partial charge in [0.2, 0.25) is 5.91 Å². The zero-order valence-electron chi connectivity index (χ0n) is 19.5. The molecule has 0 unspecified atom stereocenters. The molecule has 5 nitrogen and oxygen atoms in total. The van der Waals surface area contributed by atoms with Crippen molar-refractivity contribution in [3.8, 4) is 5.75 Å². The first-order chi connectivity index (χ1) is 16.0. The average Bonchev–Trinajstić information content (AvgIpc) is 3.28. The predicted molar refractivity (Wildman–Crippen MR) is 134 cm³/mol. The van der Waals surface area contributed by atoms with Crippen molar-refractivity contribution in [2.24, 2.45) is 0 Å². The van der Waals surface area contributed by atoms with E-state index in [2.05, 4.69) is 26.0 Å². The van der Waals surface area contributed by atoms with Crippen LogP contribution in [0.4, 0.5) is 10.8 Å². The highest BCUT2D eigenvalue weighted by molar-refractivity contribution is 7.14. The number of rotatable bonds is 6. The van der Waals surface area contributed by atoms with Gasteiger partial charge in [0.1, 0.15) is 5.75 Å². The number of hydrogen-bond donors (Lipinski definition) is 0. The number of ketones is 1. The van der Waals surface area contributed by atoms with Gasteiger partial charge in [-0.25, -0.2) is 4.98 Å². The number of fused-ring (bicyclic) bond motifs is 1. The summed E-state index contributed by atoms with van der Waals surface area (Å²) < 4.78 is 5.29. The molecule has 0 saturated carbocycles. The molecule has 2 aromatic carbocycles. The lowest BCUT2D eigenvalue weighted by Gasteiger charge is -2.24. The van der Waals surface area contributed by atoms with Crippen molar-refractivity contribution in [3.63, 3.8) is 0 Å². The lowest BCUT2D eigenvalue weighted by Crippen LogP contribution is -2.25. The van der Waals surface area contributed by atoms with Gasteiger partial charge in [0.25, 0.3) is 0 Å². The monoisotopic (exact) mass is 460 g/mol. The fourth-order valence-electron chi connectivity index (χ4n) is 4.33. The molecule has 0 N–H and O–H groups in total. The molecular weight excluding hydrogens is 432 g/mol. The van der Waals surface area contributed by atoms with Crippen molar-refractivity contribution in [2.75, 3.05) is 12.0 Å². The molecule has 6 heteroatoms. The van der Waals surface area contributed by atoms with E-state index in [4.69, 9.17) is 9.72 Å². The van der Waals surface area contributed by atoms with E-state index < -0.39 is 0 Å². The van der Waals surface area contributed by atoms with Crippen molar-refractivity contribution in [2.45, 2.75) is 46.5 Å². The number of aryl methyl sites for hydroxylation is 3. The first-order valence-electron chi connectivity index (χ1n) is 11.3. The van der Waals surface area contributed by atoms with Crippen LogP contribution in [0.5, 0.6) is 5.75 Å². The van der Waals surface area contributed by atoms with E-state index in [0.717, 1.165) is 58.5 Å². The molecule has 170 valence electrons. The molecule has 1 aliphatic carbocycles. The number of para-hydroxylation sites is 1. The van der Waals surface area contributed by atoms with Gasteiger partial charge < -0.3 is 4.74 Å². The summed E-state index contributed by atoms with van der Waals surface area (Å²) in [6.45, 7) is 5.76. The Morgan fingerprint density at radius 2 is 1.88 bits per heavy atom. The Hall–Kier alpha value is -3.25. The van der Waals surface area contributed by atoms with E-state index in [1.54, 1.807) is 18.9 Å². The summed E-state index contributed by atoms with van der Waals surface area (Å²) in [5, 5.41) is 2.54. The number of thiazole rings is 1. The number of nitrogens with zero attached hydrogens (tertiary/aromatic N) is 2. The minimum absolute atomic E-state index is 0.0291. The van der Waals surface area contributed by atoms with Crippen molar-refractivity contribution in [1.29, 1.82) is 0 Å². The summed E-state index contributed by atoms with van der Waals surface area (Å²) in [6.07, 6.45) is 4.95. The summed E-state index contributed by atoms with van der Waals surface area (Å²) >= 11 is 1.42. The van der Waals surface area contributed by atoms with Gasteiger partial charge in [-0.15, -0.1) is 11.3 Å². The van der Waals surface area contributed by atoms with Crippen LogP contribution < -0.4 is 9.64 Å². The molecule has 0 radical (unpaired) electrons. The third-order valence-electron chi connectivity index (χ3n) is 6.04. The van der Waals surface area contributed by atoms with Crippen LogP contribution in [0.2, 0.25) is 0 Å². The second-order valence-corrected chi connectivity index (χ2v) is 8.90. The number of benzene rings is 2. The molecule has 0 saturated heterocycles. The molecule has 33 heavy (non-hydrogen) atoms. The van der Waals surface area contributed by atoms with Crippen molar-refractivity contribution in [3.05, 3.63) is 75.3 Å². The maximum Gasteiger partial charge on any atom is 0.230 e. The van der Waals surface area contributed by atoms with Crippen LogP contribution in [0, 0.1) is 0 Å². The minimum Gasteiger partial charge on any atom is -0.497 e. The van der Waals surface area contributed by atoms with Crippen LogP contribution in [-0.2, 0) is 24.1 Å². The average molecular weight is 461 g/mol. The predicted octanol–water partition coefficient (Wildman–Crippen LogP) is 6.17. The van der Waals surface area contributed by atoms with E-state index in [1.807, 2.05) is 35.7 Å². The van der Waals surface area contributed by atoms with E-state index in [9.17, 15) is 9.59 Å². The normalized spacial score (nSPS) is 14.3. The molecule has 0 bridgehead atoms. The second-order valence-electron chi connectivity index (χ2n) is 8.06. The number of anilines is 2. The number of methoxy groups -OCH3 is 1. The highest BCUT2D eigenvalue weighted by atomic mass is 32.1. The SMILES string of the molecule is CCc1cccc(CC)c1N(C(C)=O)c1nc(C=C2CCc3cc(OC)ccc3C2=O)cs1. The highest BCUT2D eigenvalue weighted by Gasteiger charge is 2.25. The summed E-state index contributed by atoms with van der Waals surface area (Å²) in [6, 6.07) is 11.8. The number of allylic oxidation sites excluding steroid dienone is 1. The molecule has 1 aromatic heterocycles. The Morgan fingerprint density at radius 3 is 2.52 bits per heavy atom. The van der Waals surface area contributed by atoms with Gasteiger partial charge in [0, 0.05) is 23.4 Å². The molecule has 0 fully saturated rings. The second kappa shape index (κ2) is 9.71. The fourth-order valence-corrected chi connectivity index (χ4v) is 5.16. The summed E-state index contributed by atoms with van der Waals surface area (Å²) in [4.78, 5) is 32.3. The first kappa shape index (κ1) is 22.9. The van der Waals surface area contributed by atoms with Gasteiger partial charge in [-0.2, -0.15) is 0 Å². The molecule has 3 aromatic rings. The van der Waals surface area contributed by atoms with Crippen LogP contribution in [0.3, 0.4) is 0 Å². The molecule has 0 atom stereocenters. The Balaban J connectivity index is 1.68. The largest absolute Gasteiger partial charge is 0.497 e. The molecule has 4 rings (SSSR count). The maximum atomic E-state index is 13.1. The smallest absolute Gasteiger partial charge is 0.230 e. The summed E-state index contributed by atoms with van der Waals surface area (Å²) in [5.41, 5.74) is 6.35. The van der Waals surface area contributed by atoms with E-state index >= 15 is 0 Å². The zero-order valence-corrected chi connectivity index (χ0v) is 20.3. The first-order valence-corrected chi connectivity index (χ1v) is 12.1. The molecule has 0 aliphatic heterocycles. The Morgan fingerprint density at radius 1 is 1.15 bits per heavy atom. The number of carbonyl (C=O) groups excluding carboxylic acids is 2. The number of ether oxygens (including phenoxy) is 1. The molecule has 0 spiro atoms. The molecule has 1 heterocycles. The van der Waals surface area contributed by atoms with Gasteiger partial charge >= 0.3 is 0 Å². The molecular formula is C27H28N2O3S. The van der Waals surface area contributed by atoms with Crippen LogP contribution in [0.15, 0.2) is 47.4 Å². The molecule has 1 amide bonds. The highest BCUT2D eigenvalue weighted by Crippen LogP contribution is 2.36. The Bertz CT molecular complexity index is 1220. The van der Waals surface area contributed by atoms with Gasteiger partial charge in [-0.1, -0.05) is 32.0 Å². The number of Topliss-reactive ketones (excluding diaryl/α,β-unsaturated/α-hetero) is 1. The number of amides is 1. The van der Waals surface area contributed by atoms with Gasteiger partial charge in [0.15, 0.2) is 10.9 Å². The van der Waals surface area contributed by atoms with Crippen molar-refractivity contribution in [1.82, 2.24) is 4.98 Å². The van der Waals surface area contributed by atoms with Crippen molar-refractivity contribution >= 4 is 39.9 Å². The Kier molecular flexibility index (Phi) is 6.75. The number of hydrogen-bond acceptors (Lipinski definition) is 5. The van der Waals surface area contributed by atoms with Crippen LogP contribution in [0.25, 0.3) is 6.08 Å². The molecule has 1 aliphatic rings. The third kappa shape index (κ3) is 4.48.